The lowest BCUT2D eigenvalue weighted by Crippen LogP contribution is -2.11. The van der Waals surface area contributed by atoms with Gasteiger partial charge in [-0.1, -0.05) is 23.7 Å². The molecule has 1 aromatic heterocycles. The van der Waals surface area contributed by atoms with Crippen molar-refractivity contribution < 1.29 is 8.78 Å². The zero-order chi connectivity index (χ0) is 17.8. The van der Waals surface area contributed by atoms with Crippen molar-refractivity contribution in [1.82, 2.24) is 10.3 Å². The Labute approximate surface area is 148 Å². The number of pyridine rings is 1. The molecule has 0 atom stereocenters. The molecule has 3 nitrogen and oxygen atoms in total. The third-order valence-electron chi connectivity index (χ3n) is 3.66. The van der Waals surface area contributed by atoms with E-state index >= 15 is 0 Å². The number of aromatic nitrogens is 1. The summed E-state index contributed by atoms with van der Waals surface area (Å²) in [6.07, 6.45) is 7.62. The van der Waals surface area contributed by atoms with E-state index in [1.165, 1.54) is 30.5 Å². The van der Waals surface area contributed by atoms with Gasteiger partial charge in [-0.25, -0.2) is 8.78 Å². The van der Waals surface area contributed by atoms with Crippen LogP contribution in [0.1, 0.15) is 12.0 Å². The lowest BCUT2D eigenvalue weighted by Gasteiger charge is -2.16. The zero-order valence-corrected chi connectivity index (χ0v) is 13.8. The van der Waals surface area contributed by atoms with Crippen molar-refractivity contribution in [3.8, 4) is 11.3 Å². The van der Waals surface area contributed by atoms with Crippen molar-refractivity contribution in [3.63, 3.8) is 0 Å². The van der Waals surface area contributed by atoms with E-state index in [-0.39, 0.29) is 5.56 Å². The molecule has 6 heteroatoms. The third-order valence-corrected chi connectivity index (χ3v) is 3.90. The summed E-state index contributed by atoms with van der Waals surface area (Å²) in [7, 11) is 0. The van der Waals surface area contributed by atoms with Gasteiger partial charge < -0.3 is 10.7 Å². The van der Waals surface area contributed by atoms with Gasteiger partial charge >= 0.3 is 0 Å². The average molecular weight is 358 g/mol. The summed E-state index contributed by atoms with van der Waals surface area (Å²) >= 11 is 5.98. The predicted molar refractivity (Wildman–Crippen MR) is 96.4 cm³/mol. The molecule has 0 saturated heterocycles. The molecule has 0 aliphatic carbocycles. The van der Waals surface area contributed by atoms with Crippen molar-refractivity contribution in [2.75, 3.05) is 0 Å². The summed E-state index contributed by atoms with van der Waals surface area (Å²) in [5, 5.41) is 10.3. The summed E-state index contributed by atoms with van der Waals surface area (Å²) < 4.78 is 28.5. The van der Waals surface area contributed by atoms with Gasteiger partial charge in [0, 0.05) is 40.5 Å². The lowest BCUT2D eigenvalue weighted by atomic mass is 9.97. The Balaban J connectivity index is 2.05. The number of rotatable bonds is 4. The van der Waals surface area contributed by atoms with E-state index in [1.807, 2.05) is 0 Å². The fraction of sp³-hybridized carbons (Fsp3) is 0.0526. The molecule has 25 heavy (non-hydrogen) atoms. The number of benzene rings is 1. The van der Waals surface area contributed by atoms with Gasteiger partial charge in [0.15, 0.2) is 0 Å². The molecule has 2 heterocycles. The normalized spacial score (nSPS) is 15.4. The van der Waals surface area contributed by atoms with Gasteiger partial charge in [0.05, 0.1) is 11.4 Å². The Morgan fingerprint density at radius 3 is 2.80 bits per heavy atom. The maximum atomic E-state index is 14.3. The van der Waals surface area contributed by atoms with Gasteiger partial charge in [-0.15, -0.1) is 0 Å². The van der Waals surface area contributed by atoms with Crippen LogP contribution in [-0.2, 0) is 0 Å². The highest BCUT2D eigenvalue weighted by Crippen LogP contribution is 2.33. The van der Waals surface area contributed by atoms with Crippen LogP contribution in [0.3, 0.4) is 0 Å². The molecule has 2 aromatic rings. The molecule has 0 saturated carbocycles. The molecule has 126 valence electrons. The zero-order valence-electron chi connectivity index (χ0n) is 13.1. The largest absolute Gasteiger partial charge is 0.359 e. The molecule has 3 rings (SSSR count). The van der Waals surface area contributed by atoms with Gasteiger partial charge in [-0.3, -0.25) is 4.98 Å². The van der Waals surface area contributed by atoms with Crippen molar-refractivity contribution in [2.24, 2.45) is 0 Å². The second kappa shape index (κ2) is 7.40. The van der Waals surface area contributed by atoms with Crippen LogP contribution in [0.15, 0.2) is 66.4 Å². The van der Waals surface area contributed by atoms with Crippen molar-refractivity contribution in [2.45, 2.75) is 6.42 Å². The van der Waals surface area contributed by atoms with E-state index < -0.39 is 11.6 Å². The van der Waals surface area contributed by atoms with Crippen molar-refractivity contribution in [1.29, 1.82) is 5.41 Å². The van der Waals surface area contributed by atoms with Crippen LogP contribution < -0.4 is 5.32 Å². The van der Waals surface area contributed by atoms with Crippen LogP contribution in [0.25, 0.3) is 16.8 Å². The minimum Gasteiger partial charge on any atom is -0.359 e. The number of nitrogens with zero attached hydrogens (tertiary/aromatic N) is 1. The first kappa shape index (κ1) is 17.0. The number of nitrogens with one attached hydrogen (secondary N) is 2. The number of hydrogen-bond donors (Lipinski definition) is 2. The first-order valence-electron chi connectivity index (χ1n) is 7.54. The molecular formula is C19H14ClF2N3. The second-order valence-electron chi connectivity index (χ2n) is 5.32. The molecule has 0 unspecified atom stereocenters. The minimum absolute atomic E-state index is 0.253. The maximum Gasteiger partial charge on any atom is 0.146 e. The molecule has 0 amide bonds. The standard InChI is InChI=1S/C19H14ClF2N3/c20-13-5-6-16(21)15(10-13)19-14(3-2-8-24-19)12-9-17(22)18(25-11-12)4-1-7-23/h2-11,23,25H,1H2/b18-4+,23-7?. The highest BCUT2D eigenvalue weighted by molar-refractivity contribution is 6.30. The fourth-order valence-electron chi connectivity index (χ4n) is 2.50. The summed E-state index contributed by atoms with van der Waals surface area (Å²) in [6.45, 7) is 0. The third kappa shape index (κ3) is 3.67. The Morgan fingerprint density at radius 1 is 1.20 bits per heavy atom. The SMILES string of the molecule is N=CC/C=C1/NC=C(c2cccnc2-c2cc(Cl)ccc2F)C=C1F. The smallest absolute Gasteiger partial charge is 0.146 e. The van der Waals surface area contributed by atoms with Crippen molar-refractivity contribution >= 4 is 23.4 Å². The van der Waals surface area contributed by atoms with E-state index in [1.54, 1.807) is 30.6 Å². The lowest BCUT2D eigenvalue weighted by molar-refractivity contribution is 0.630. The van der Waals surface area contributed by atoms with Crippen LogP contribution >= 0.6 is 11.6 Å². The first-order chi connectivity index (χ1) is 12.1. The molecule has 0 fully saturated rings. The van der Waals surface area contributed by atoms with Crippen LogP contribution in [0.2, 0.25) is 5.02 Å². The quantitative estimate of drug-likeness (QED) is 0.733. The number of allylic oxidation sites excluding steroid dienone is 4. The van der Waals surface area contributed by atoms with Gasteiger partial charge in [-0.2, -0.15) is 0 Å². The molecule has 0 spiro atoms. The highest BCUT2D eigenvalue weighted by atomic mass is 35.5. The van der Waals surface area contributed by atoms with Gasteiger partial charge in [0.1, 0.15) is 11.6 Å². The van der Waals surface area contributed by atoms with Gasteiger partial charge in [0.2, 0.25) is 0 Å². The predicted octanol–water partition coefficient (Wildman–Crippen LogP) is 5.26. The first-order valence-corrected chi connectivity index (χ1v) is 7.92. The van der Waals surface area contributed by atoms with Crippen LogP contribution in [0, 0.1) is 11.2 Å². The molecular weight excluding hydrogens is 344 g/mol. The summed E-state index contributed by atoms with van der Waals surface area (Å²) in [4.78, 5) is 4.26. The van der Waals surface area contributed by atoms with E-state index in [9.17, 15) is 8.78 Å². The minimum atomic E-state index is -0.458. The number of halogens is 3. The Morgan fingerprint density at radius 2 is 2.04 bits per heavy atom. The summed E-state index contributed by atoms with van der Waals surface area (Å²) in [5.41, 5.74) is 2.05. The maximum absolute atomic E-state index is 14.3. The average Bonchev–Trinajstić information content (AvgIpc) is 2.63. The highest BCUT2D eigenvalue weighted by Gasteiger charge is 2.17. The number of hydrogen-bond acceptors (Lipinski definition) is 3. The Kier molecular flexibility index (Phi) is 5.05. The van der Waals surface area contributed by atoms with Gasteiger partial charge in [-0.05, 0) is 36.6 Å². The molecule has 2 N–H and O–H groups in total. The topological polar surface area (TPSA) is 48.8 Å². The van der Waals surface area contributed by atoms with E-state index in [0.29, 0.717) is 34.0 Å². The monoisotopic (exact) mass is 357 g/mol. The van der Waals surface area contributed by atoms with Crippen LogP contribution in [0.4, 0.5) is 8.78 Å². The summed E-state index contributed by atoms with van der Waals surface area (Å²) in [5.74, 6) is -0.912. The molecule has 0 bridgehead atoms. The van der Waals surface area contributed by atoms with E-state index in [4.69, 9.17) is 17.0 Å². The molecule has 1 aliphatic heterocycles. The van der Waals surface area contributed by atoms with Crippen LogP contribution in [-0.4, -0.2) is 11.2 Å². The van der Waals surface area contributed by atoms with Crippen LogP contribution in [0.5, 0.6) is 0 Å². The summed E-state index contributed by atoms with van der Waals surface area (Å²) in [6, 6.07) is 7.68. The van der Waals surface area contributed by atoms with Crippen molar-refractivity contribution in [3.05, 3.63) is 82.8 Å². The van der Waals surface area contributed by atoms with Gasteiger partial charge in [0.25, 0.3) is 0 Å². The molecule has 1 aliphatic rings. The molecule has 0 radical (unpaired) electrons. The Hall–Kier alpha value is -2.79. The molecule has 1 aromatic carbocycles. The second-order valence-corrected chi connectivity index (χ2v) is 5.75. The fourth-order valence-corrected chi connectivity index (χ4v) is 2.67. The van der Waals surface area contributed by atoms with E-state index in [2.05, 4.69) is 10.3 Å². The van der Waals surface area contributed by atoms with E-state index in [0.717, 1.165) is 0 Å². The number of dihydropyridines is 1. The Bertz CT molecular complexity index is 917.